The van der Waals surface area contributed by atoms with Gasteiger partial charge in [0.2, 0.25) is 11.8 Å². The summed E-state index contributed by atoms with van der Waals surface area (Å²) in [5, 5.41) is 4.33. The summed E-state index contributed by atoms with van der Waals surface area (Å²) in [5.41, 5.74) is 1.00. The molecular formula is C20H31N5O3. The SMILES string of the molecule is Cn1cc([C@H]2[C@H](CN3CCCCC3)OCCN2C(=O)CN2CCCC2=O)cn1. The fourth-order valence-electron chi connectivity index (χ4n) is 4.67. The lowest BCUT2D eigenvalue weighted by Gasteiger charge is -2.43. The Morgan fingerprint density at radius 2 is 2.00 bits per heavy atom. The Hall–Kier alpha value is -1.93. The summed E-state index contributed by atoms with van der Waals surface area (Å²) in [6.45, 7) is 4.96. The summed E-state index contributed by atoms with van der Waals surface area (Å²) in [6.07, 6.45) is 8.89. The van der Waals surface area contributed by atoms with Gasteiger partial charge in [0.05, 0.1) is 31.5 Å². The normalized spacial score (nSPS) is 26.8. The van der Waals surface area contributed by atoms with Crippen LogP contribution in [-0.4, -0.2) is 88.3 Å². The molecule has 1 aromatic rings. The molecule has 3 fully saturated rings. The van der Waals surface area contributed by atoms with Crippen molar-refractivity contribution in [1.82, 2.24) is 24.5 Å². The van der Waals surface area contributed by atoms with Crippen molar-refractivity contribution in [3.05, 3.63) is 18.0 Å². The van der Waals surface area contributed by atoms with Crippen molar-refractivity contribution in [2.45, 2.75) is 44.2 Å². The molecule has 3 aliphatic rings. The average molecular weight is 390 g/mol. The summed E-state index contributed by atoms with van der Waals surface area (Å²) in [4.78, 5) is 31.2. The van der Waals surface area contributed by atoms with E-state index >= 15 is 0 Å². The van der Waals surface area contributed by atoms with Gasteiger partial charge in [-0.15, -0.1) is 0 Å². The third-order valence-electron chi connectivity index (χ3n) is 6.12. The Balaban J connectivity index is 1.52. The number of hydrogen-bond acceptors (Lipinski definition) is 5. The van der Waals surface area contributed by atoms with Crippen LogP contribution in [0, 0.1) is 0 Å². The highest BCUT2D eigenvalue weighted by molar-refractivity contribution is 5.86. The molecule has 3 saturated heterocycles. The molecule has 28 heavy (non-hydrogen) atoms. The highest BCUT2D eigenvalue weighted by Gasteiger charge is 2.39. The third-order valence-corrected chi connectivity index (χ3v) is 6.12. The molecule has 8 heteroatoms. The van der Waals surface area contributed by atoms with E-state index < -0.39 is 0 Å². The molecule has 8 nitrogen and oxygen atoms in total. The lowest BCUT2D eigenvalue weighted by Crippen LogP contribution is -2.54. The minimum absolute atomic E-state index is 0.0102. The monoisotopic (exact) mass is 389 g/mol. The van der Waals surface area contributed by atoms with Crippen LogP contribution in [0.15, 0.2) is 12.4 Å². The summed E-state index contributed by atoms with van der Waals surface area (Å²) < 4.78 is 7.95. The number of likely N-dealkylation sites (tertiary alicyclic amines) is 2. The number of aryl methyl sites for hydroxylation is 1. The molecule has 0 aromatic carbocycles. The molecule has 1 aromatic heterocycles. The van der Waals surface area contributed by atoms with Crippen LogP contribution in [0.2, 0.25) is 0 Å². The molecular weight excluding hydrogens is 358 g/mol. The highest BCUT2D eigenvalue weighted by Crippen LogP contribution is 2.31. The van der Waals surface area contributed by atoms with E-state index in [1.165, 1.54) is 19.3 Å². The number of ether oxygens (including phenoxy) is 1. The number of hydrogen-bond donors (Lipinski definition) is 0. The van der Waals surface area contributed by atoms with Gasteiger partial charge in [0.15, 0.2) is 0 Å². The van der Waals surface area contributed by atoms with Gasteiger partial charge in [-0.2, -0.15) is 5.10 Å². The molecule has 2 amide bonds. The molecule has 0 spiro atoms. The maximum absolute atomic E-state index is 13.2. The fourth-order valence-corrected chi connectivity index (χ4v) is 4.67. The van der Waals surface area contributed by atoms with E-state index in [0.717, 1.165) is 31.6 Å². The Labute approximate surface area is 166 Å². The smallest absolute Gasteiger partial charge is 0.242 e. The molecule has 0 unspecified atom stereocenters. The van der Waals surface area contributed by atoms with E-state index in [1.807, 2.05) is 24.3 Å². The number of aromatic nitrogens is 2. The first-order chi connectivity index (χ1) is 13.6. The first-order valence-corrected chi connectivity index (χ1v) is 10.5. The molecule has 3 aliphatic heterocycles. The maximum atomic E-state index is 13.2. The number of nitrogens with zero attached hydrogens (tertiary/aromatic N) is 5. The molecule has 0 radical (unpaired) electrons. The van der Waals surface area contributed by atoms with Crippen LogP contribution in [0.25, 0.3) is 0 Å². The Morgan fingerprint density at radius 1 is 1.18 bits per heavy atom. The van der Waals surface area contributed by atoms with E-state index in [9.17, 15) is 9.59 Å². The van der Waals surface area contributed by atoms with Crippen molar-refractivity contribution in [2.75, 3.05) is 45.9 Å². The van der Waals surface area contributed by atoms with Gasteiger partial charge < -0.3 is 19.4 Å². The summed E-state index contributed by atoms with van der Waals surface area (Å²) >= 11 is 0. The second-order valence-corrected chi connectivity index (χ2v) is 8.17. The lowest BCUT2D eigenvalue weighted by molar-refractivity contribution is -0.151. The van der Waals surface area contributed by atoms with Gasteiger partial charge in [-0.1, -0.05) is 6.42 Å². The standard InChI is InChI=1S/C20H31N5O3/c1-22-13-16(12-21-22)20-17(14-23-7-3-2-4-8-23)28-11-10-25(20)19(27)15-24-9-5-6-18(24)26/h12-13,17,20H,2-11,14-15H2,1H3/t17-,20-/m0/s1. The predicted molar refractivity (Wildman–Crippen MR) is 104 cm³/mol. The second-order valence-electron chi connectivity index (χ2n) is 8.17. The van der Waals surface area contributed by atoms with Crippen LogP contribution in [-0.2, 0) is 21.4 Å². The van der Waals surface area contributed by atoms with E-state index in [0.29, 0.717) is 26.1 Å². The zero-order valence-electron chi connectivity index (χ0n) is 16.8. The van der Waals surface area contributed by atoms with Crippen molar-refractivity contribution in [1.29, 1.82) is 0 Å². The Kier molecular flexibility index (Phi) is 5.96. The van der Waals surface area contributed by atoms with Gasteiger partial charge in [-0.3, -0.25) is 14.3 Å². The number of carbonyl (C=O) groups excluding carboxylic acids is 2. The van der Waals surface area contributed by atoms with Crippen LogP contribution in [0.5, 0.6) is 0 Å². The molecule has 0 aliphatic carbocycles. The van der Waals surface area contributed by atoms with Crippen molar-refractivity contribution >= 4 is 11.8 Å². The van der Waals surface area contributed by atoms with Gasteiger partial charge in [0, 0.05) is 44.9 Å². The first-order valence-electron chi connectivity index (χ1n) is 10.5. The zero-order chi connectivity index (χ0) is 19.5. The van der Waals surface area contributed by atoms with Gasteiger partial charge in [-0.05, 0) is 32.4 Å². The number of piperidine rings is 1. The minimum Gasteiger partial charge on any atom is -0.373 e. The van der Waals surface area contributed by atoms with Crippen LogP contribution < -0.4 is 0 Å². The van der Waals surface area contributed by atoms with Crippen molar-refractivity contribution in [2.24, 2.45) is 7.05 Å². The van der Waals surface area contributed by atoms with Crippen LogP contribution in [0.4, 0.5) is 0 Å². The molecule has 4 heterocycles. The van der Waals surface area contributed by atoms with Gasteiger partial charge in [0.25, 0.3) is 0 Å². The van der Waals surface area contributed by atoms with Crippen molar-refractivity contribution in [3.63, 3.8) is 0 Å². The Bertz CT molecular complexity index is 700. The quantitative estimate of drug-likeness (QED) is 0.745. The average Bonchev–Trinajstić information content (AvgIpc) is 3.30. The molecule has 0 N–H and O–H groups in total. The Morgan fingerprint density at radius 3 is 2.68 bits per heavy atom. The van der Waals surface area contributed by atoms with Crippen LogP contribution >= 0.6 is 0 Å². The van der Waals surface area contributed by atoms with E-state index in [-0.39, 0.29) is 30.5 Å². The molecule has 2 atom stereocenters. The minimum atomic E-state index is -0.158. The predicted octanol–water partition coefficient (Wildman–Crippen LogP) is 0.797. The number of rotatable bonds is 5. The molecule has 4 rings (SSSR count). The van der Waals surface area contributed by atoms with Gasteiger partial charge in [-0.25, -0.2) is 0 Å². The van der Waals surface area contributed by atoms with E-state index in [2.05, 4.69) is 10.00 Å². The summed E-state index contributed by atoms with van der Waals surface area (Å²) in [7, 11) is 1.89. The largest absolute Gasteiger partial charge is 0.373 e. The second kappa shape index (κ2) is 8.61. The number of morpholine rings is 1. The third kappa shape index (κ3) is 4.22. The topological polar surface area (TPSA) is 70.9 Å². The number of amides is 2. The summed E-state index contributed by atoms with van der Waals surface area (Å²) in [5.74, 6) is 0.0976. The first kappa shape index (κ1) is 19.4. The van der Waals surface area contributed by atoms with Crippen molar-refractivity contribution < 1.29 is 14.3 Å². The van der Waals surface area contributed by atoms with Crippen molar-refractivity contribution in [3.8, 4) is 0 Å². The zero-order valence-corrected chi connectivity index (χ0v) is 16.8. The molecule has 0 bridgehead atoms. The van der Waals surface area contributed by atoms with E-state index in [4.69, 9.17) is 4.74 Å². The van der Waals surface area contributed by atoms with Gasteiger partial charge >= 0.3 is 0 Å². The fraction of sp³-hybridized carbons (Fsp3) is 0.750. The lowest BCUT2D eigenvalue weighted by atomic mass is 9.99. The van der Waals surface area contributed by atoms with E-state index in [1.54, 1.807) is 9.58 Å². The van der Waals surface area contributed by atoms with Crippen LogP contribution in [0.1, 0.15) is 43.7 Å². The molecule has 0 saturated carbocycles. The number of carbonyl (C=O) groups is 2. The highest BCUT2D eigenvalue weighted by atomic mass is 16.5. The molecule has 154 valence electrons. The van der Waals surface area contributed by atoms with Crippen LogP contribution in [0.3, 0.4) is 0 Å². The van der Waals surface area contributed by atoms with Gasteiger partial charge in [0.1, 0.15) is 0 Å². The maximum Gasteiger partial charge on any atom is 0.242 e. The summed E-state index contributed by atoms with van der Waals surface area (Å²) in [6, 6.07) is -0.158.